The molecule has 1 saturated carbocycles. The molecule has 1 unspecified atom stereocenters. The van der Waals surface area contributed by atoms with Gasteiger partial charge in [-0.1, -0.05) is 19.3 Å². The van der Waals surface area contributed by atoms with E-state index in [1.807, 2.05) is 0 Å². The number of hydrogen-bond acceptors (Lipinski definition) is 3. The van der Waals surface area contributed by atoms with Crippen molar-refractivity contribution >= 4 is 0 Å². The average Bonchev–Trinajstić information content (AvgIpc) is 2.18. The summed E-state index contributed by atoms with van der Waals surface area (Å²) in [5.74, 6) is 0.996. The van der Waals surface area contributed by atoms with Gasteiger partial charge in [0.05, 0.1) is 6.61 Å². The third-order valence-electron chi connectivity index (χ3n) is 3.33. The Labute approximate surface area is 93.8 Å². The van der Waals surface area contributed by atoms with Crippen molar-refractivity contribution in [2.24, 2.45) is 11.7 Å². The summed E-state index contributed by atoms with van der Waals surface area (Å²) in [6.07, 6.45) is 7.89. The van der Waals surface area contributed by atoms with Gasteiger partial charge < -0.3 is 15.8 Å². The summed E-state index contributed by atoms with van der Waals surface area (Å²) < 4.78 is 5.20. The van der Waals surface area contributed by atoms with Crippen LogP contribution >= 0.6 is 0 Å². The van der Waals surface area contributed by atoms with Gasteiger partial charge in [-0.2, -0.15) is 0 Å². The molecule has 0 amide bonds. The normalized spacial score (nSPS) is 18.8. The van der Waals surface area contributed by atoms with E-state index in [0.29, 0.717) is 6.04 Å². The standard InChI is InChI=1S/C12H26N2O/c1-15-10-12(6-3-8-13)14-9-7-11-4-2-5-11/h11-12,14H,2-10,13H2,1H3. The van der Waals surface area contributed by atoms with Crippen LogP contribution in [0, 0.1) is 5.92 Å². The third kappa shape index (κ3) is 5.50. The molecule has 0 aromatic rings. The molecule has 0 heterocycles. The number of nitrogens with one attached hydrogen (secondary N) is 1. The van der Waals surface area contributed by atoms with Crippen LogP contribution in [0.3, 0.4) is 0 Å². The second kappa shape index (κ2) is 8.08. The van der Waals surface area contributed by atoms with Crippen molar-refractivity contribution in [3.8, 4) is 0 Å². The highest BCUT2D eigenvalue weighted by molar-refractivity contribution is 4.72. The Morgan fingerprint density at radius 3 is 2.80 bits per heavy atom. The van der Waals surface area contributed by atoms with Crippen molar-refractivity contribution in [1.29, 1.82) is 0 Å². The average molecular weight is 214 g/mol. The lowest BCUT2D eigenvalue weighted by atomic mass is 9.83. The van der Waals surface area contributed by atoms with E-state index in [1.165, 1.54) is 25.7 Å². The van der Waals surface area contributed by atoms with Crippen LogP contribution in [-0.4, -0.2) is 32.8 Å². The van der Waals surface area contributed by atoms with Gasteiger partial charge >= 0.3 is 0 Å². The quantitative estimate of drug-likeness (QED) is 0.612. The molecule has 3 nitrogen and oxygen atoms in total. The van der Waals surface area contributed by atoms with Gasteiger partial charge in [0.2, 0.25) is 0 Å². The molecule has 0 aromatic heterocycles. The van der Waals surface area contributed by atoms with Crippen LogP contribution in [0.25, 0.3) is 0 Å². The second-order valence-corrected chi connectivity index (χ2v) is 4.62. The molecule has 0 bridgehead atoms. The van der Waals surface area contributed by atoms with Gasteiger partial charge in [0, 0.05) is 13.2 Å². The van der Waals surface area contributed by atoms with Gasteiger partial charge in [-0.05, 0) is 38.3 Å². The number of methoxy groups -OCH3 is 1. The van der Waals surface area contributed by atoms with Crippen molar-refractivity contribution in [3.05, 3.63) is 0 Å². The van der Waals surface area contributed by atoms with Crippen molar-refractivity contribution in [2.45, 2.75) is 44.6 Å². The summed E-state index contributed by atoms with van der Waals surface area (Å²) in [6.45, 7) is 2.73. The fourth-order valence-corrected chi connectivity index (χ4v) is 2.08. The van der Waals surface area contributed by atoms with Crippen molar-refractivity contribution in [2.75, 3.05) is 26.8 Å². The fourth-order valence-electron chi connectivity index (χ4n) is 2.08. The largest absolute Gasteiger partial charge is 0.383 e. The van der Waals surface area contributed by atoms with E-state index in [4.69, 9.17) is 10.5 Å². The highest BCUT2D eigenvalue weighted by atomic mass is 16.5. The summed E-state index contributed by atoms with van der Waals surface area (Å²) in [7, 11) is 1.77. The lowest BCUT2D eigenvalue weighted by molar-refractivity contribution is 0.159. The predicted octanol–water partition coefficient (Wildman–Crippen LogP) is 1.52. The Bertz CT molecular complexity index is 149. The molecule has 1 rings (SSSR count). The number of ether oxygens (including phenoxy) is 1. The first-order valence-electron chi connectivity index (χ1n) is 6.29. The molecular weight excluding hydrogens is 188 g/mol. The van der Waals surface area contributed by atoms with Gasteiger partial charge in [-0.15, -0.1) is 0 Å². The Balaban J connectivity index is 2.01. The monoisotopic (exact) mass is 214 g/mol. The van der Waals surface area contributed by atoms with Crippen LogP contribution < -0.4 is 11.1 Å². The van der Waals surface area contributed by atoms with Crippen molar-refractivity contribution in [1.82, 2.24) is 5.32 Å². The molecule has 90 valence electrons. The van der Waals surface area contributed by atoms with Crippen LogP contribution in [-0.2, 0) is 4.74 Å². The smallest absolute Gasteiger partial charge is 0.0615 e. The third-order valence-corrected chi connectivity index (χ3v) is 3.33. The molecule has 0 radical (unpaired) electrons. The maximum Gasteiger partial charge on any atom is 0.0615 e. The van der Waals surface area contributed by atoms with E-state index in [1.54, 1.807) is 7.11 Å². The Kier molecular flexibility index (Phi) is 6.98. The molecule has 0 saturated heterocycles. The van der Waals surface area contributed by atoms with Gasteiger partial charge in [0.15, 0.2) is 0 Å². The zero-order valence-corrected chi connectivity index (χ0v) is 10.0. The predicted molar refractivity (Wildman–Crippen MR) is 63.9 cm³/mol. The van der Waals surface area contributed by atoms with E-state index >= 15 is 0 Å². The molecule has 1 atom stereocenters. The SMILES string of the molecule is COCC(CCCN)NCCC1CCC1. The molecule has 15 heavy (non-hydrogen) atoms. The first kappa shape index (κ1) is 12.9. The summed E-state index contributed by atoms with van der Waals surface area (Å²) in [6, 6.07) is 0.499. The molecule has 3 N–H and O–H groups in total. The summed E-state index contributed by atoms with van der Waals surface area (Å²) in [5.41, 5.74) is 5.51. The summed E-state index contributed by atoms with van der Waals surface area (Å²) in [4.78, 5) is 0. The molecule has 1 fully saturated rings. The molecular formula is C12H26N2O. The van der Waals surface area contributed by atoms with E-state index in [-0.39, 0.29) is 0 Å². The van der Waals surface area contributed by atoms with Crippen LogP contribution in [0.5, 0.6) is 0 Å². The first-order chi connectivity index (χ1) is 7.36. The minimum absolute atomic E-state index is 0.499. The lowest BCUT2D eigenvalue weighted by Gasteiger charge is -2.26. The van der Waals surface area contributed by atoms with E-state index in [2.05, 4.69) is 5.32 Å². The molecule has 1 aliphatic carbocycles. The van der Waals surface area contributed by atoms with Crippen molar-refractivity contribution < 1.29 is 4.74 Å². The highest BCUT2D eigenvalue weighted by Crippen LogP contribution is 2.28. The molecule has 0 aliphatic heterocycles. The summed E-state index contributed by atoms with van der Waals surface area (Å²) >= 11 is 0. The van der Waals surface area contributed by atoms with E-state index < -0.39 is 0 Å². The number of nitrogens with two attached hydrogens (primary N) is 1. The molecule has 1 aliphatic rings. The van der Waals surface area contributed by atoms with Gasteiger partial charge in [0.25, 0.3) is 0 Å². The Morgan fingerprint density at radius 2 is 2.27 bits per heavy atom. The maximum absolute atomic E-state index is 5.51. The zero-order chi connectivity index (χ0) is 10.9. The highest BCUT2D eigenvalue weighted by Gasteiger charge is 2.17. The van der Waals surface area contributed by atoms with Crippen molar-refractivity contribution in [3.63, 3.8) is 0 Å². The first-order valence-corrected chi connectivity index (χ1v) is 6.29. The van der Waals surface area contributed by atoms with E-state index in [0.717, 1.165) is 38.5 Å². The number of rotatable bonds is 9. The van der Waals surface area contributed by atoms with Crippen LogP contribution in [0.4, 0.5) is 0 Å². The van der Waals surface area contributed by atoms with Gasteiger partial charge in [-0.3, -0.25) is 0 Å². The number of hydrogen-bond donors (Lipinski definition) is 2. The van der Waals surface area contributed by atoms with Crippen LogP contribution in [0.1, 0.15) is 38.5 Å². The summed E-state index contributed by atoms with van der Waals surface area (Å²) in [5, 5.41) is 3.57. The minimum Gasteiger partial charge on any atom is -0.383 e. The lowest BCUT2D eigenvalue weighted by Crippen LogP contribution is -2.35. The van der Waals surface area contributed by atoms with Gasteiger partial charge in [-0.25, -0.2) is 0 Å². The van der Waals surface area contributed by atoms with Crippen LogP contribution in [0.15, 0.2) is 0 Å². The zero-order valence-electron chi connectivity index (χ0n) is 10.0. The van der Waals surface area contributed by atoms with Crippen LogP contribution in [0.2, 0.25) is 0 Å². The minimum atomic E-state index is 0.499. The molecule has 3 heteroatoms. The maximum atomic E-state index is 5.51. The Morgan fingerprint density at radius 1 is 1.47 bits per heavy atom. The molecule has 0 spiro atoms. The fraction of sp³-hybridized carbons (Fsp3) is 1.00. The second-order valence-electron chi connectivity index (χ2n) is 4.62. The Hall–Kier alpha value is -0.120. The molecule has 0 aromatic carbocycles. The van der Waals surface area contributed by atoms with E-state index in [9.17, 15) is 0 Å². The topological polar surface area (TPSA) is 47.3 Å². The van der Waals surface area contributed by atoms with Gasteiger partial charge in [0.1, 0.15) is 0 Å².